The Hall–Kier alpha value is -2.91. The van der Waals surface area contributed by atoms with Gasteiger partial charge in [-0.05, 0) is 67.6 Å². The highest BCUT2D eigenvalue weighted by Crippen LogP contribution is 2.35. The van der Waals surface area contributed by atoms with Gasteiger partial charge in [0.15, 0.2) is 0 Å². The van der Waals surface area contributed by atoms with E-state index in [1.165, 1.54) is 11.2 Å². The third-order valence-corrected chi connectivity index (χ3v) is 8.56. The minimum absolute atomic E-state index is 0.0108. The summed E-state index contributed by atoms with van der Waals surface area (Å²) < 4.78 is 33.2. The van der Waals surface area contributed by atoms with Gasteiger partial charge in [0.2, 0.25) is 21.8 Å². The van der Waals surface area contributed by atoms with Crippen LogP contribution in [-0.2, 0) is 32.6 Å². The highest BCUT2D eigenvalue weighted by atomic mass is 32.2. The summed E-state index contributed by atoms with van der Waals surface area (Å²) in [6, 6.07) is 12.5. The summed E-state index contributed by atoms with van der Waals surface area (Å²) in [6.07, 6.45) is 1.58. The largest absolute Gasteiger partial charge is 0.497 e. The molecule has 1 atom stereocenters. The second-order valence-corrected chi connectivity index (χ2v) is 10.9. The third-order valence-electron chi connectivity index (χ3n) is 6.67. The summed E-state index contributed by atoms with van der Waals surface area (Å²) in [6.45, 7) is 4.48. The lowest BCUT2D eigenvalue weighted by Gasteiger charge is -2.30. The number of methoxy groups -OCH3 is 1. The zero-order valence-corrected chi connectivity index (χ0v) is 20.6. The summed E-state index contributed by atoms with van der Waals surface area (Å²) in [4.78, 5) is 26.6. The smallest absolute Gasteiger partial charge is 0.243 e. The molecule has 2 aliphatic rings. The van der Waals surface area contributed by atoms with Crippen LogP contribution in [0.4, 0.5) is 5.69 Å². The lowest BCUT2D eigenvalue weighted by molar-refractivity contribution is -0.126. The van der Waals surface area contributed by atoms with Gasteiger partial charge in [0, 0.05) is 44.2 Å². The maximum absolute atomic E-state index is 13.3. The van der Waals surface area contributed by atoms with Crippen molar-refractivity contribution in [3.05, 3.63) is 53.6 Å². The van der Waals surface area contributed by atoms with E-state index in [1.54, 1.807) is 30.2 Å². The number of carbonyl (C=O) groups excluding carboxylic acids is 2. The molecule has 34 heavy (non-hydrogen) atoms. The third kappa shape index (κ3) is 4.81. The van der Waals surface area contributed by atoms with Crippen LogP contribution in [0.3, 0.4) is 0 Å². The molecule has 4 rings (SSSR count). The predicted molar refractivity (Wildman–Crippen MR) is 129 cm³/mol. The lowest BCUT2D eigenvalue weighted by Crippen LogP contribution is -2.42. The first-order valence-electron chi connectivity index (χ1n) is 11.5. The summed E-state index contributed by atoms with van der Waals surface area (Å²) in [5.74, 6) is 0.409. The Morgan fingerprint density at radius 3 is 2.53 bits per heavy atom. The van der Waals surface area contributed by atoms with Crippen molar-refractivity contribution in [3.63, 3.8) is 0 Å². The van der Waals surface area contributed by atoms with Crippen LogP contribution in [0.25, 0.3) is 0 Å². The van der Waals surface area contributed by atoms with Gasteiger partial charge in [-0.1, -0.05) is 12.1 Å². The van der Waals surface area contributed by atoms with Crippen LogP contribution in [-0.4, -0.2) is 50.8 Å². The fourth-order valence-electron chi connectivity index (χ4n) is 4.87. The van der Waals surface area contributed by atoms with Crippen molar-refractivity contribution in [3.8, 4) is 5.75 Å². The number of carbonyl (C=O) groups is 2. The summed E-state index contributed by atoms with van der Waals surface area (Å²) in [5.41, 5.74) is 2.60. The van der Waals surface area contributed by atoms with Gasteiger partial charge in [-0.3, -0.25) is 9.59 Å². The Labute approximate surface area is 200 Å². The molecule has 0 bridgehead atoms. The van der Waals surface area contributed by atoms with Crippen LogP contribution in [0.5, 0.6) is 5.75 Å². The van der Waals surface area contributed by atoms with Crippen LogP contribution in [0.1, 0.15) is 37.8 Å². The van der Waals surface area contributed by atoms with E-state index >= 15 is 0 Å². The molecule has 2 heterocycles. The molecule has 0 aliphatic carbocycles. The van der Waals surface area contributed by atoms with Gasteiger partial charge in [-0.25, -0.2) is 8.42 Å². The monoisotopic (exact) mass is 485 g/mol. The van der Waals surface area contributed by atoms with Gasteiger partial charge >= 0.3 is 0 Å². The molecule has 0 unspecified atom stereocenters. The average Bonchev–Trinajstić information content (AvgIpc) is 3.17. The van der Waals surface area contributed by atoms with Gasteiger partial charge in [0.05, 0.1) is 12.0 Å². The highest BCUT2D eigenvalue weighted by Gasteiger charge is 2.34. The van der Waals surface area contributed by atoms with Crippen LogP contribution in [0, 0.1) is 5.92 Å². The normalized spacial score (nSPS) is 19.0. The first-order valence-corrected chi connectivity index (χ1v) is 13.0. The fraction of sp³-hybridized carbons (Fsp3) is 0.440. The number of rotatable bonds is 6. The topological polar surface area (TPSA) is 96.0 Å². The molecule has 1 N–H and O–H groups in total. The number of hydrogen-bond acceptors (Lipinski definition) is 5. The molecule has 1 fully saturated rings. The van der Waals surface area contributed by atoms with Crippen molar-refractivity contribution in [2.45, 2.75) is 50.6 Å². The summed E-state index contributed by atoms with van der Waals surface area (Å²) >= 11 is 0. The van der Waals surface area contributed by atoms with E-state index in [9.17, 15) is 18.0 Å². The molecule has 2 aromatic carbocycles. The van der Waals surface area contributed by atoms with Crippen LogP contribution in [0.2, 0.25) is 0 Å². The molecule has 0 spiro atoms. The van der Waals surface area contributed by atoms with Crippen molar-refractivity contribution in [1.29, 1.82) is 0 Å². The second kappa shape index (κ2) is 9.76. The molecule has 0 saturated carbocycles. The van der Waals surface area contributed by atoms with Crippen molar-refractivity contribution >= 4 is 27.5 Å². The number of nitrogens with zero attached hydrogens (tertiary/aromatic N) is 2. The van der Waals surface area contributed by atoms with E-state index < -0.39 is 10.0 Å². The quantitative estimate of drug-likeness (QED) is 0.679. The Morgan fingerprint density at radius 2 is 1.85 bits per heavy atom. The first-order chi connectivity index (χ1) is 16.2. The average molecular weight is 486 g/mol. The number of nitrogens with one attached hydrogen (secondary N) is 1. The van der Waals surface area contributed by atoms with Crippen molar-refractivity contribution in [2.24, 2.45) is 5.92 Å². The molecule has 0 aromatic heterocycles. The molecule has 2 aromatic rings. The fourth-order valence-corrected chi connectivity index (χ4v) is 6.39. The van der Waals surface area contributed by atoms with Gasteiger partial charge in [-0.15, -0.1) is 0 Å². The molecular weight excluding hydrogens is 454 g/mol. The summed E-state index contributed by atoms with van der Waals surface area (Å²) in [5, 5.41) is 2.96. The van der Waals surface area contributed by atoms with Gasteiger partial charge in [0.25, 0.3) is 0 Å². The second-order valence-electron chi connectivity index (χ2n) is 8.98. The SMILES string of the molecule is COc1cccc(CNC(=O)C2CCN(S(=O)(=O)c3ccc4c(c3)C[C@@H](C)N4C(C)=O)CC2)c1. The maximum Gasteiger partial charge on any atom is 0.243 e. The number of benzene rings is 2. The van der Waals surface area contributed by atoms with Crippen molar-refractivity contribution in [2.75, 3.05) is 25.1 Å². The zero-order chi connectivity index (χ0) is 24.5. The number of amides is 2. The lowest BCUT2D eigenvalue weighted by atomic mass is 9.97. The Kier molecular flexibility index (Phi) is 6.95. The minimum atomic E-state index is -3.67. The van der Waals surface area contributed by atoms with Gasteiger partial charge in [-0.2, -0.15) is 4.31 Å². The molecule has 2 amide bonds. The van der Waals surface area contributed by atoms with Crippen LogP contribution in [0.15, 0.2) is 47.4 Å². The molecular formula is C25H31N3O5S. The van der Waals surface area contributed by atoms with E-state index in [0.29, 0.717) is 38.9 Å². The molecule has 2 aliphatic heterocycles. The van der Waals surface area contributed by atoms with Crippen LogP contribution < -0.4 is 15.0 Å². The van der Waals surface area contributed by atoms with Gasteiger partial charge < -0.3 is 15.0 Å². The van der Waals surface area contributed by atoms with Gasteiger partial charge in [0.1, 0.15) is 5.75 Å². The Bertz CT molecular complexity index is 1190. The van der Waals surface area contributed by atoms with E-state index in [-0.39, 0.29) is 28.7 Å². The van der Waals surface area contributed by atoms with Crippen molar-refractivity contribution in [1.82, 2.24) is 9.62 Å². The zero-order valence-electron chi connectivity index (χ0n) is 19.8. The number of hydrogen-bond donors (Lipinski definition) is 1. The Balaban J connectivity index is 1.36. The predicted octanol–water partition coefficient (Wildman–Crippen LogP) is 2.71. The van der Waals surface area contributed by atoms with Crippen LogP contribution >= 0.6 is 0 Å². The first kappa shape index (κ1) is 24.2. The van der Waals surface area contributed by atoms with E-state index in [4.69, 9.17) is 4.74 Å². The number of ether oxygens (including phenoxy) is 1. The van der Waals surface area contributed by atoms with E-state index in [1.807, 2.05) is 31.2 Å². The summed E-state index contributed by atoms with van der Waals surface area (Å²) in [7, 11) is -2.07. The van der Waals surface area contributed by atoms with E-state index in [0.717, 1.165) is 22.6 Å². The molecule has 9 heteroatoms. The molecule has 8 nitrogen and oxygen atoms in total. The highest BCUT2D eigenvalue weighted by molar-refractivity contribution is 7.89. The standard InChI is InChI=1S/C25H31N3O5S/c1-17-13-21-15-23(7-8-24(21)28(17)18(2)29)34(31,32)27-11-9-20(10-12-27)25(30)26-16-19-5-4-6-22(14-19)33-3/h4-8,14-15,17,20H,9-13,16H2,1-3H3,(H,26,30)/t17-/m1/s1. The molecule has 182 valence electrons. The Morgan fingerprint density at radius 1 is 1.12 bits per heavy atom. The molecule has 1 saturated heterocycles. The molecule has 0 radical (unpaired) electrons. The van der Waals surface area contributed by atoms with Crippen molar-refractivity contribution < 1.29 is 22.7 Å². The number of anilines is 1. The number of piperidine rings is 1. The van der Waals surface area contributed by atoms with E-state index in [2.05, 4.69) is 5.32 Å². The number of fused-ring (bicyclic) bond motifs is 1. The minimum Gasteiger partial charge on any atom is -0.497 e. The number of sulfonamides is 1. The maximum atomic E-state index is 13.3.